The largest absolute Gasteiger partial charge is 0.490 e. The van der Waals surface area contributed by atoms with Gasteiger partial charge in [-0.3, -0.25) is 10.3 Å². The number of imidazole rings is 1. The van der Waals surface area contributed by atoms with Gasteiger partial charge in [0.25, 0.3) is 0 Å². The summed E-state index contributed by atoms with van der Waals surface area (Å²) in [6.45, 7) is 4.11. The lowest BCUT2D eigenvalue weighted by molar-refractivity contribution is -0.192. The van der Waals surface area contributed by atoms with Crippen molar-refractivity contribution >= 4 is 5.97 Å². The van der Waals surface area contributed by atoms with Crippen LogP contribution in [0.5, 0.6) is 0 Å². The summed E-state index contributed by atoms with van der Waals surface area (Å²) >= 11 is 0. The van der Waals surface area contributed by atoms with Crippen molar-refractivity contribution in [2.24, 2.45) is 0 Å². The van der Waals surface area contributed by atoms with Gasteiger partial charge in [-0.1, -0.05) is 12.1 Å². The van der Waals surface area contributed by atoms with Crippen LogP contribution in [0.3, 0.4) is 0 Å². The predicted molar refractivity (Wildman–Crippen MR) is 113 cm³/mol. The molecule has 1 fully saturated rings. The number of halogens is 4. The van der Waals surface area contributed by atoms with Crippen LogP contribution in [0, 0.1) is 12.7 Å². The number of alkyl halides is 3. The lowest BCUT2D eigenvalue weighted by atomic mass is 9.73. The van der Waals surface area contributed by atoms with Crippen LogP contribution in [0.25, 0.3) is 5.69 Å². The van der Waals surface area contributed by atoms with E-state index in [0.717, 1.165) is 30.8 Å². The number of carbonyl (C=O) groups is 1. The fraction of sp³-hybridized carbons (Fsp3) is 0.348. The van der Waals surface area contributed by atoms with Crippen LogP contribution in [-0.2, 0) is 10.3 Å². The van der Waals surface area contributed by atoms with E-state index in [9.17, 15) is 17.6 Å². The predicted octanol–water partition coefficient (Wildman–Crippen LogP) is 5.08. The van der Waals surface area contributed by atoms with E-state index >= 15 is 0 Å². The van der Waals surface area contributed by atoms with Crippen LogP contribution in [0.15, 0.2) is 55.0 Å². The van der Waals surface area contributed by atoms with Gasteiger partial charge in [0.2, 0.25) is 0 Å². The normalized spacial score (nSPS) is 15.7. The Morgan fingerprint density at radius 1 is 1.15 bits per heavy atom. The third-order valence-electron chi connectivity index (χ3n) is 5.65. The molecule has 6 nitrogen and oxygen atoms in total. The number of carboxylic acid groups (broad SMARTS) is 1. The lowest BCUT2D eigenvalue weighted by Crippen LogP contribution is -2.50. The van der Waals surface area contributed by atoms with Crippen molar-refractivity contribution < 1.29 is 27.5 Å². The van der Waals surface area contributed by atoms with Crippen LogP contribution >= 0.6 is 0 Å². The van der Waals surface area contributed by atoms with Crippen LogP contribution < -0.4 is 5.32 Å². The van der Waals surface area contributed by atoms with E-state index in [-0.39, 0.29) is 17.4 Å². The fourth-order valence-electron chi connectivity index (χ4n) is 3.79. The maximum Gasteiger partial charge on any atom is 0.490 e. The van der Waals surface area contributed by atoms with E-state index in [0.29, 0.717) is 5.69 Å². The summed E-state index contributed by atoms with van der Waals surface area (Å²) in [7, 11) is 0. The second-order valence-corrected chi connectivity index (χ2v) is 7.87. The van der Waals surface area contributed by atoms with Crippen LogP contribution in [-0.4, -0.2) is 31.8 Å². The van der Waals surface area contributed by atoms with Crippen molar-refractivity contribution in [2.45, 2.75) is 50.9 Å². The van der Waals surface area contributed by atoms with Crippen LogP contribution in [0.2, 0.25) is 0 Å². The summed E-state index contributed by atoms with van der Waals surface area (Å²) in [6.07, 6.45) is 3.27. The van der Waals surface area contributed by atoms with Crippen LogP contribution in [0.1, 0.15) is 49.3 Å². The highest BCUT2D eigenvalue weighted by Gasteiger charge is 2.42. The highest BCUT2D eigenvalue weighted by atomic mass is 19.4. The van der Waals surface area contributed by atoms with Crippen molar-refractivity contribution in [1.29, 1.82) is 0 Å². The summed E-state index contributed by atoms with van der Waals surface area (Å²) in [5.41, 5.74) is 2.45. The molecular formula is C23H24F4N4O2. The third-order valence-corrected chi connectivity index (χ3v) is 5.65. The molecule has 1 saturated carbocycles. The van der Waals surface area contributed by atoms with E-state index in [1.807, 2.05) is 13.1 Å². The number of benzene rings is 1. The number of aliphatic carboxylic acids is 1. The minimum absolute atomic E-state index is 0.106. The monoisotopic (exact) mass is 464 g/mol. The number of carboxylic acids is 1. The molecule has 10 heteroatoms. The molecule has 176 valence electrons. The molecule has 4 rings (SSSR count). The quantitative estimate of drug-likeness (QED) is 0.515. The molecule has 2 heterocycles. The average Bonchev–Trinajstić information content (AvgIpc) is 3.17. The van der Waals surface area contributed by atoms with Gasteiger partial charge in [0, 0.05) is 30.3 Å². The SMILES string of the molecule is Cc1nccn1-c1ccc(C(C)NC2(c3ncccc3F)CCC2)cc1.O=C(O)C(F)(F)F. The Morgan fingerprint density at radius 3 is 2.24 bits per heavy atom. The first-order chi connectivity index (χ1) is 15.5. The molecule has 1 aromatic carbocycles. The Morgan fingerprint density at radius 2 is 1.79 bits per heavy atom. The van der Waals surface area contributed by atoms with Gasteiger partial charge in [-0.05, 0) is 62.9 Å². The Hall–Kier alpha value is -3.27. The second-order valence-electron chi connectivity index (χ2n) is 7.87. The zero-order valence-corrected chi connectivity index (χ0v) is 18.1. The molecule has 1 atom stereocenters. The van der Waals surface area contributed by atoms with Crippen molar-refractivity contribution in [2.75, 3.05) is 0 Å². The number of rotatable bonds is 5. The first kappa shape index (κ1) is 24.4. The number of nitrogens with zero attached hydrogens (tertiary/aromatic N) is 3. The molecule has 0 spiro atoms. The number of pyridine rings is 1. The summed E-state index contributed by atoms with van der Waals surface area (Å²) < 4.78 is 48.1. The lowest BCUT2D eigenvalue weighted by Gasteiger charge is -2.44. The molecule has 33 heavy (non-hydrogen) atoms. The van der Waals surface area contributed by atoms with E-state index < -0.39 is 12.1 Å². The fourth-order valence-corrected chi connectivity index (χ4v) is 3.79. The Bertz CT molecular complexity index is 1090. The molecule has 3 aromatic rings. The molecule has 0 radical (unpaired) electrons. The maximum atomic E-state index is 14.3. The van der Waals surface area contributed by atoms with Crippen molar-refractivity contribution in [3.8, 4) is 5.69 Å². The summed E-state index contributed by atoms with van der Waals surface area (Å²) in [4.78, 5) is 17.5. The van der Waals surface area contributed by atoms with Crippen molar-refractivity contribution in [3.05, 3.63) is 77.9 Å². The molecule has 0 bridgehead atoms. The van der Waals surface area contributed by atoms with Gasteiger partial charge in [0.05, 0.1) is 11.2 Å². The van der Waals surface area contributed by atoms with Gasteiger partial charge in [0.15, 0.2) is 0 Å². The minimum Gasteiger partial charge on any atom is -0.475 e. The molecule has 1 aliphatic carbocycles. The number of hydrogen-bond acceptors (Lipinski definition) is 4. The molecule has 2 aromatic heterocycles. The molecule has 0 amide bonds. The summed E-state index contributed by atoms with van der Waals surface area (Å²) in [5, 5.41) is 10.8. The molecule has 1 unspecified atom stereocenters. The van der Waals surface area contributed by atoms with Gasteiger partial charge in [0.1, 0.15) is 11.6 Å². The van der Waals surface area contributed by atoms with Crippen molar-refractivity contribution in [3.63, 3.8) is 0 Å². The van der Waals surface area contributed by atoms with Crippen molar-refractivity contribution in [1.82, 2.24) is 19.9 Å². The highest BCUT2D eigenvalue weighted by molar-refractivity contribution is 5.73. The standard InChI is InChI=1S/C21H23FN4.C2HF3O2/c1-15(17-6-8-18(9-7-17)26-14-13-23-16(26)2)25-21(10-4-11-21)20-19(22)5-3-12-24-20;3-2(4,5)1(6)7/h3,5-9,12-15,25H,4,10-11H2,1-2H3;(H,6,7). The second kappa shape index (κ2) is 9.70. The van der Waals surface area contributed by atoms with E-state index in [4.69, 9.17) is 9.90 Å². The number of nitrogens with one attached hydrogen (secondary N) is 1. The zero-order valence-electron chi connectivity index (χ0n) is 18.1. The first-order valence-electron chi connectivity index (χ1n) is 10.3. The van der Waals surface area contributed by atoms with Gasteiger partial charge in [-0.25, -0.2) is 14.2 Å². The van der Waals surface area contributed by atoms with Crippen LogP contribution in [0.4, 0.5) is 17.6 Å². The summed E-state index contributed by atoms with van der Waals surface area (Å²) in [6, 6.07) is 11.7. The molecule has 0 saturated heterocycles. The Labute approximate surface area is 188 Å². The number of aryl methyl sites for hydroxylation is 1. The third kappa shape index (κ3) is 5.57. The van der Waals surface area contributed by atoms with Gasteiger partial charge in [-0.15, -0.1) is 0 Å². The molecule has 2 N–H and O–H groups in total. The first-order valence-corrected chi connectivity index (χ1v) is 10.3. The number of hydrogen-bond donors (Lipinski definition) is 2. The number of aromatic nitrogens is 3. The zero-order chi connectivity index (χ0) is 24.2. The summed E-state index contributed by atoms with van der Waals surface area (Å²) in [5.74, 6) is -2.02. The van der Waals surface area contributed by atoms with E-state index in [2.05, 4.69) is 51.0 Å². The van der Waals surface area contributed by atoms with Gasteiger partial charge < -0.3 is 9.67 Å². The maximum absolute atomic E-state index is 14.3. The average molecular weight is 464 g/mol. The molecular weight excluding hydrogens is 440 g/mol. The Balaban J connectivity index is 0.000000383. The highest BCUT2D eigenvalue weighted by Crippen LogP contribution is 2.43. The minimum atomic E-state index is -5.08. The Kier molecular flexibility index (Phi) is 7.16. The smallest absolute Gasteiger partial charge is 0.475 e. The van der Waals surface area contributed by atoms with E-state index in [1.165, 1.54) is 11.6 Å². The molecule has 0 aliphatic heterocycles. The molecule has 1 aliphatic rings. The van der Waals surface area contributed by atoms with Gasteiger partial charge in [-0.2, -0.15) is 13.2 Å². The van der Waals surface area contributed by atoms with Gasteiger partial charge >= 0.3 is 12.1 Å². The van der Waals surface area contributed by atoms with E-state index in [1.54, 1.807) is 18.5 Å². The topological polar surface area (TPSA) is 80.0 Å².